The van der Waals surface area contributed by atoms with Crippen LogP contribution in [0.1, 0.15) is 18.7 Å². The zero-order chi connectivity index (χ0) is 9.97. The molecule has 0 bridgehead atoms. The molecular formula is C11H10N2O. The van der Waals surface area contributed by atoms with Crippen molar-refractivity contribution in [2.75, 3.05) is 0 Å². The largest absolute Gasteiger partial charge is 0.357 e. The number of rotatable bonds is 2. The van der Waals surface area contributed by atoms with E-state index in [0.29, 0.717) is 0 Å². The van der Waals surface area contributed by atoms with Crippen LogP contribution in [0.5, 0.6) is 0 Å². The summed E-state index contributed by atoms with van der Waals surface area (Å²) < 4.78 is 0. The van der Waals surface area contributed by atoms with Crippen LogP contribution >= 0.6 is 0 Å². The molecule has 14 heavy (non-hydrogen) atoms. The second-order valence-corrected chi connectivity index (χ2v) is 3.21. The molecule has 1 unspecified atom stereocenters. The predicted octanol–water partition coefficient (Wildman–Crippen LogP) is 2.56. The van der Waals surface area contributed by atoms with Crippen molar-refractivity contribution in [2.45, 2.75) is 13.0 Å². The first kappa shape index (κ1) is 8.73. The van der Waals surface area contributed by atoms with Crippen LogP contribution in [0, 0.1) is 0 Å². The molecule has 1 heterocycles. The van der Waals surface area contributed by atoms with Crippen LogP contribution in [0.4, 0.5) is 0 Å². The zero-order valence-electron chi connectivity index (χ0n) is 7.82. The highest BCUT2D eigenvalue weighted by Gasteiger charge is 2.06. The molecule has 1 aromatic heterocycles. The standard InChI is InChI=1S/C11H10N2O/c1-8(12-7-14)11-6-9-4-2-3-5-10(9)13-11/h2-6,8,13H,1H3. The van der Waals surface area contributed by atoms with Crippen molar-refractivity contribution in [3.63, 3.8) is 0 Å². The molecule has 1 atom stereocenters. The number of hydrogen-bond acceptors (Lipinski definition) is 2. The number of carbonyl (C=O) groups excluding carboxylic acids is 1. The van der Waals surface area contributed by atoms with E-state index in [1.54, 1.807) is 6.08 Å². The first-order valence-electron chi connectivity index (χ1n) is 4.46. The summed E-state index contributed by atoms with van der Waals surface area (Å²) in [6, 6.07) is 9.81. The average molecular weight is 186 g/mol. The highest BCUT2D eigenvalue weighted by Crippen LogP contribution is 2.21. The van der Waals surface area contributed by atoms with Crippen LogP contribution in [-0.2, 0) is 4.79 Å². The lowest BCUT2D eigenvalue weighted by molar-refractivity contribution is 0.559. The molecule has 0 aliphatic heterocycles. The Morgan fingerprint density at radius 2 is 2.21 bits per heavy atom. The van der Waals surface area contributed by atoms with Gasteiger partial charge in [0.25, 0.3) is 0 Å². The van der Waals surface area contributed by atoms with Crippen LogP contribution in [-0.4, -0.2) is 11.1 Å². The van der Waals surface area contributed by atoms with Gasteiger partial charge in [-0.25, -0.2) is 4.79 Å². The van der Waals surface area contributed by atoms with Crippen molar-refractivity contribution >= 4 is 17.0 Å². The van der Waals surface area contributed by atoms with Crippen molar-refractivity contribution in [1.82, 2.24) is 4.98 Å². The molecule has 0 aliphatic carbocycles. The molecule has 2 aromatic rings. The van der Waals surface area contributed by atoms with Crippen LogP contribution in [0.3, 0.4) is 0 Å². The van der Waals surface area contributed by atoms with Crippen molar-refractivity contribution < 1.29 is 4.79 Å². The Morgan fingerprint density at radius 1 is 1.43 bits per heavy atom. The first-order chi connectivity index (χ1) is 6.81. The minimum atomic E-state index is -0.153. The van der Waals surface area contributed by atoms with Crippen molar-refractivity contribution in [3.8, 4) is 0 Å². The number of aromatic amines is 1. The highest BCUT2D eigenvalue weighted by molar-refractivity contribution is 5.80. The molecule has 0 saturated heterocycles. The van der Waals surface area contributed by atoms with Gasteiger partial charge in [-0.2, -0.15) is 4.99 Å². The quantitative estimate of drug-likeness (QED) is 0.568. The second kappa shape index (κ2) is 3.48. The highest BCUT2D eigenvalue weighted by atomic mass is 16.1. The molecule has 3 heteroatoms. The molecule has 0 saturated carbocycles. The molecule has 3 nitrogen and oxygen atoms in total. The van der Waals surface area contributed by atoms with Gasteiger partial charge in [-0.3, -0.25) is 0 Å². The van der Waals surface area contributed by atoms with E-state index in [4.69, 9.17) is 0 Å². The summed E-state index contributed by atoms with van der Waals surface area (Å²) in [7, 11) is 0. The van der Waals surface area contributed by atoms with Crippen molar-refractivity contribution in [1.29, 1.82) is 0 Å². The van der Waals surface area contributed by atoms with Gasteiger partial charge in [0.2, 0.25) is 6.08 Å². The summed E-state index contributed by atoms with van der Waals surface area (Å²) in [6.07, 6.45) is 1.57. The van der Waals surface area contributed by atoms with Crippen LogP contribution in [0.15, 0.2) is 35.3 Å². The number of aromatic nitrogens is 1. The number of benzene rings is 1. The summed E-state index contributed by atoms with van der Waals surface area (Å²) in [5.41, 5.74) is 2.00. The fraction of sp³-hybridized carbons (Fsp3) is 0.182. The summed E-state index contributed by atoms with van der Waals surface area (Å²) >= 11 is 0. The Labute approximate surface area is 81.5 Å². The Bertz CT molecular complexity index is 462. The summed E-state index contributed by atoms with van der Waals surface area (Å²) in [5, 5.41) is 1.13. The Balaban J connectivity index is 2.49. The van der Waals surface area contributed by atoms with Crippen LogP contribution in [0.2, 0.25) is 0 Å². The predicted molar refractivity (Wildman–Crippen MR) is 54.8 cm³/mol. The van der Waals surface area contributed by atoms with Gasteiger partial charge in [-0.05, 0) is 24.4 Å². The maximum atomic E-state index is 10.1. The number of fused-ring (bicyclic) bond motifs is 1. The third kappa shape index (κ3) is 1.45. The topological polar surface area (TPSA) is 45.2 Å². The molecule has 1 aromatic carbocycles. The maximum absolute atomic E-state index is 10.1. The van der Waals surface area contributed by atoms with E-state index in [1.807, 2.05) is 37.3 Å². The summed E-state index contributed by atoms with van der Waals surface area (Å²) in [5.74, 6) is 0. The number of H-pyrrole nitrogens is 1. The van der Waals surface area contributed by atoms with E-state index in [-0.39, 0.29) is 6.04 Å². The van der Waals surface area contributed by atoms with E-state index >= 15 is 0 Å². The molecule has 0 amide bonds. The van der Waals surface area contributed by atoms with E-state index < -0.39 is 0 Å². The van der Waals surface area contributed by atoms with Gasteiger partial charge in [0.05, 0.1) is 6.04 Å². The van der Waals surface area contributed by atoms with Gasteiger partial charge in [-0.15, -0.1) is 0 Å². The van der Waals surface area contributed by atoms with Crippen LogP contribution < -0.4 is 0 Å². The number of aliphatic imine (C=N–C) groups is 1. The van der Waals surface area contributed by atoms with Gasteiger partial charge in [0.15, 0.2) is 0 Å². The molecule has 1 N–H and O–H groups in total. The number of nitrogens with one attached hydrogen (secondary N) is 1. The molecular weight excluding hydrogens is 176 g/mol. The van der Waals surface area contributed by atoms with Gasteiger partial charge in [0.1, 0.15) is 0 Å². The Morgan fingerprint density at radius 3 is 2.93 bits per heavy atom. The molecule has 70 valence electrons. The molecule has 0 aliphatic rings. The van der Waals surface area contributed by atoms with E-state index in [9.17, 15) is 4.79 Å². The number of nitrogens with zero attached hydrogens (tertiary/aromatic N) is 1. The minimum Gasteiger partial charge on any atom is -0.357 e. The number of hydrogen-bond donors (Lipinski definition) is 1. The number of isocyanates is 1. The SMILES string of the molecule is CC(N=C=O)c1cc2ccccc2[nH]1. The lowest BCUT2D eigenvalue weighted by Gasteiger charge is -1.97. The smallest absolute Gasteiger partial charge is 0.235 e. The average Bonchev–Trinajstić information content (AvgIpc) is 2.61. The van der Waals surface area contributed by atoms with Gasteiger partial charge >= 0.3 is 0 Å². The van der Waals surface area contributed by atoms with E-state index in [1.165, 1.54) is 0 Å². The molecule has 2 rings (SSSR count). The fourth-order valence-corrected chi connectivity index (χ4v) is 1.47. The van der Waals surface area contributed by atoms with Gasteiger partial charge < -0.3 is 4.98 Å². The van der Waals surface area contributed by atoms with Gasteiger partial charge in [-0.1, -0.05) is 18.2 Å². The van der Waals surface area contributed by atoms with Crippen molar-refractivity contribution in [2.24, 2.45) is 4.99 Å². The third-order valence-electron chi connectivity index (χ3n) is 2.25. The monoisotopic (exact) mass is 186 g/mol. The van der Waals surface area contributed by atoms with E-state index in [2.05, 4.69) is 9.98 Å². The molecule has 0 fully saturated rings. The number of para-hydroxylation sites is 1. The molecule has 0 spiro atoms. The second-order valence-electron chi connectivity index (χ2n) is 3.21. The summed E-state index contributed by atoms with van der Waals surface area (Å²) in [4.78, 5) is 17.0. The fourth-order valence-electron chi connectivity index (χ4n) is 1.47. The zero-order valence-corrected chi connectivity index (χ0v) is 7.82. The van der Waals surface area contributed by atoms with Gasteiger partial charge in [0, 0.05) is 11.2 Å². The minimum absolute atomic E-state index is 0.153. The Hall–Kier alpha value is -1.86. The van der Waals surface area contributed by atoms with E-state index in [0.717, 1.165) is 16.6 Å². The van der Waals surface area contributed by atoms with Crippen LogP contribution in [0.25, 0.3) is 10.9 Å². The third-order valence-corrected chi connectivity index (χ3v) is 2.25. The van der Waals surface area contributed by atoms with Crippen molar-refractivity contribution in [3.05, 3.63) is 36.0 Å². The summed E-state index contributed by atoms with van der Waals surface area (Å²) in [6.45, 7) is 1.86. The lowest BCUT2D eigenvalue weighted by atomic mass is 10.2. The maximum Gasteiger partial charge on any atom is 0.235 e. The normalized spacial score (nSPS) is 12.4. The molecule has 0 radical (unpaired) electrons. The Kier molecular flexibility index (Phi) is 2.17. The first-order valence-corrected chi connectivity index (χ1v) is 4.46. The lowest BCUT2D eigenvalue weighted by Crippen LogP contribution is -1.87.